The summed E-state index contributed by atoms with van der Waals surface area (Å²) in [7, 11) is -3.83. The number of hydrogen-bond acceptors (Lipinski definition) is 10. The quantitative estimate of drug-likeness (QED) is 0.110. The molecule has 0 spiro atoms. The Labute approximate surface area is 312 Å². The molecule has 1 fully saturated rings. The monoisotopic (exact) mass is 792 g/mol. The van der Waals surface area contributed by atoms with E-state index in [1.54, 1.807) is 12.1 Å². The smallest absolute Gasteiger partial charge is 0.387 e. The molecule has 3 heterocycles. The summed E-state index contributed by atoms with van der Waals surface area (Å²) in [5, 5.41) is 0.444. The first-order chi connectivity index (χ1) is 24.8. The standard InChI is InChI=1S/C35H30Cl2F2N4O8S.H2O/c1-52(47,48)43(17-20-8-10-40-11-9-20)23-5-6-24-25(13-23)34(46)42(33(24)45)18-32(44)50-30(14-26-27(36)15-41-16-28(26)37)22-4-7-29(51-35(38)39)31(12-22)49-19-21-2-3-21;/h4-13,15-16,21,30,35H,2-3,14,17-19H2,1H3;1H2/t30-;/m0./s1. The Kier molecular flexibility index (Phi) is 12.2. The number of anilines is 1. The summed E-state index contributed by atoms with van der Waals surface area (Å²) >= 11 is 12.8. The van der Waals surface area contributed by atoms with Gasteiger partial charge in [-0.2, -0.15) is 8.78 Å². The number of carbonyl (C=O) groups is 3. The van der Waals surface area contributed by atoms with E-state index in [4.69, 9.17) is 32.7 Å². The summed E-state index contributed by atoms with van der Waals surface area (Å²) in [6.07, 6.45) is 7.64. The Bertz CT molecular complexity index is 2110. The van der Waals surface area contributed by atoms with Gasteiger partial charge in [-0.25, -0.2) is 13.4 Å². The lowest BCUT2D eigenvalue weighted by Gasteiger charge is -2.23. The molecule has 0 saturated heterocycles. The number of benzene rings is 2. The van der Waals surface area contributed by atoms with E-state index in [0.29, 0.717) is 21.6 Å². The third-order valence-electron chi connectivity index (χ3n) is 8.39. The molecule has 2 aliphatic rings. The number of H-pyrrole nitrogens is 1. The normalized spacial score (nSPS) is 14.4. The van der Waals surface area contributed by atoms with Gasteiger partial charge in [-0.1, -0.05) is 29.3 Å². The Morgan fingerprint density at radius 3 is 2.32 bits per heavy atom. The number of aromatic nitrogens is 2. The zero-order chi connectivity index (χ0) is 37.2. The lowest BCUT2D eigenvalue weighted by Crippen LogP contribution is -2.36. The Hall–Kier alpha value is -4.90. The number of nitrogens with zero attached hydrogens (tertiary/aromatic N) is 3. The van der Waals surface area contributed by atoms with Crippen molar-refractivity contribution < 1.29 is 56.3 Å². The molecule has 53 heavy (non-hydrogen) atoms. The molecule has 1 saturated carbocycles. The number of aromatic amines is 1. The molecule has 2 amide bonds. The number of carbonyl (C=O) groups excluding carboxylic acids is 3. The molecule has 6 rings (SSSR count). The molecule has 280 valence electrons. The van der Waals surface area contributed by atoms with E-state index in [-0.39, 0.29) is 69.3 Å². The number of rotatable bonds is 15. The molecule has 1 aliphatic heterocycles. The molecule has 0 radical (unpaired) electrons. The molecular formula is C35H32Cl2F2N4O9S. The van der Waals surface area contributed by atoms with Crippen molar-refractivity contribution in [2.24, 2.45) is 5.92 Å². The maximum absolute atomic E-state index is 13.6. The molecule has 0 unspecified atom stereocenters. The summed E-state index contributed by atoms with van der Waals surface area (Å²) in [5.74, 6) is -2.53. The number of pyridine rings is 2. The van der Waals surface area contributed by atoms with Crippen molar-refractivity contribution in [3.05, 3.63) is 111 Å². The number of imide groups is 1. The number of sulfonamides is 1. The van der Waals surface area contributed by atoms with Crippen molar-refractivity contribution in [3.8, 4) is 11.5 Å². The minimum Gasteiger partial charge on any atom is -0.870 e. The van der Waals surface area contributed by atoms with Gasteiger partial charge in [-0.05, 0) is 72.4 Å². The van der Waals surface area contributed by atoms with Crippen molar-refractivity contribution in [1.82, 2.24) is 9.88 Å². The third-order valence-corrected chi connectivity index (χ3v) is 10.2. The largest absolute Gasteiger partial charge is 0.870 e. The number of ether oxygens (including phenoxy) is 3. The molecule has 2 aromatic heterocycles. The molecule has 18 heteroatoms. The minimum absolute atomic E-state index is 0. The molecule has 13 nitrogen and oxygen atoms in total. The van der Waals surface area contributed by atoms with E-state index in [1.807, 2.05) is 0 Å². The van der Waals surface area contributed by atoms with Gasteiger partial charge in [0, 0.05) is 24.4 Å². The van der Waals surface area contributed by atoms with E-state index in [2.05, 4.69) is 14.7 Å². The molecule has 2 N–H and O–H groups in total. The molecule has 1 aliphatic carbocycles. The van der Waals surface area contributed by atoms with Gasteiger partial charge < -0.3 is 19.7 Å². The number of amides is 2. The number of alkyl halides is 2. The Morgan fingerprint density at radius 1 is 1.00 bits per heavy atom. The van der Waals surface area contributed by atoms with E-state index in [1.165, 1.54) is 61.2 Å². The van der Waals surface area contributed by atoms with E-state index in [9.17, 15) is 31.6 Å². The predicted octanol–water partition coefficient (Wildman–Crippen LogP) is 5.51. The van der Waals surface area contributed by atoms with E-state index in [0.717, 1.165) is 23.4 Å². The first-order valence-electron chi connectivity index (χ1n) is 15.9. The third kappa shape index (κ3) is 9.37. The van der Waals surface area contributed by atoms with Crippen LogP contribution in [0.15, 0.2) is 73.3 Å². The highest BCUT2D eigenvalue weighted by molar-refractivity contribution is 7.92. The fourth-order valence-electron chi connectivity index (χ4n) is 5.56. The number of hydrogen-bond donors (Lipinski definition) is 0. The van der Waals surface area contributed by atoms with Crippen LogP contribution in [0.3, 0.4) is 0 Å². The first kappa shape index (κ1) is 39.3. The molecule has 2 aromatic carbocycles. The van der Waals surface area contributed by atoms with Crippen LogP contribution >= 0.6 is 23.2 Å². The van der Waals surface area contributed by atoms with Crippen molar-refractivity contribution in [1.29, 1.82) is 0 Å². The van der Waals surface area contributed by atoms with Crippen LogP contribution in [0.5, 0.6) is 11.5 Å². The van der Waals surface area contributed by atoms with Gasteiger partial charge in [-0.15, -0.1) is 0 Å². The highest BCUT2D eigenvalue weighted by Gasteiger charge is 2.38. The molecular weight excluding hydrogens is 761 g/mol. The van der Waals surface area contributed by atoms with Crippen molar-refractivity contribution in [2.75, 3.05) is 23.7 Å². The van der Waals surface area contributed by atoms with E-state index < -0.39 is 47.1 Å². The maximum Gasteiger partial charge on any atom is 0.387 e. The lowest BCUT2D eigenvalue weighted by atomic mass is 10.0. The Balaban J connectivity index is 0.00000541. The summed E-state index contributed by atoms with van der Waals surface area (Å²) in [6.45, 7) is -3.71. The van der Waals surface area contributed by atoms with Crippen LogP contribution in [0.2, 0.25) is 10.0 Å². The van der Waals surface area contributed by atoms with Gasteiger partial charge in [-0.3, -0.25) is 28.6 Å². The van der Waals surface area contributed by atoms with Crippen molar-refractivity contribution in [3.63, 3.8) is 0 Å². The molecule has 1 atom stereocenters. The molecule has 4 aromatic rings. The first-order valence-corrected chi connectivity index (χ1v) is 18.5. The van der Waals surface area contributed by atoms with Gasteiger partial charge in [0.1, 0.15) is 22.7 Å². The predicted molar refractivity (Wildman–Crippen MR) is 186 cm³/mol. The van der Waals surface area contributed by atoms with Crippen LogP contribution in [0.25, 0.3) is 0 Å². The zero-order valence-electron chi connectivity index (χ0n) is 27.9. The van der Waals surface area contributed by atoms with Crippen molar-refractivity contribution >= 4 is 56.7 Å². The number of fused-ring (bicyclic) bond motifs is 1. The van der Waals surface area contributed by atoms with Crippen LogP contribution in [0, 0.1) is 5.92 Å². The lowest BCUT2D eigenvalue weighted by molar-refractivity contribution is -0.377. The van der Waals surface area contributed by atoms with Crippen LogP contribution < -0.4 is 18.8 Å². The van der Waals surface area contributed by atoms with Crippen LogP contribution in [-0.2, 0) is 32.5 Å². The second-order valence-electron chi connectivity index (χ2n) is 12.2. The average molecular weight is 794 g/mol. The van der Waals surface area contributed by atoms with Crippen molar-refractivity contribution in [2.45, 2.75) is 38.5 Å². The average Bonchev–Trinajstić information content (AvgIpc) is 3.90. The number of esters is 1. The zero-order valence-corrected chi connectivity index (χ0v) is 30.2. The fraction of sp³-hybridized carbons (Fsp3) is 0.286. The van der Waals surface area contributed by atoms with Crippen LogP contribution in [0.4, 0.5) is 14.5 Å². The Morgan fingerprint density at radius 2 is 1.68 bits per heavy atom. The number of nitrogens with one attached hydrogen (secondary N) is 1. The summed E-state index contributed by atoms with van der Waals surface area (Å²) < 4.78 is 69.3. The molecule has 0 bridgehead atoms. The van der Waals surface area contributed by atoms with Gasteiger partial charge >= 0.3 is 12.6 Å². The highest BCUT2D eigenvalue weighted by atomic mass is 35.5. The second kappa shape index (κ2) is 16.4. The second-order valence-corrected chi connectivity index (χ2v) is 14.9. The van der Waals surface area contributed by atoms with Crippen LogP contribution in [0.1, 0.15) is 56.4 Å². The van der Waals surface area contributed by atoms with Gasteiger partial charge in [0.2, 0.25) is 10.0 Å². The summed E-state index contributed by atoms with van der Waals surface area (Å²) in [4.78, 5) is 47.9. The fourth-order valence-corrected chi connectivity index (χ4v) is 6.98. The highest BCUT2D eigenvalue weighted by Crippen LogP contribution is 2.38. The van der Waals surface area contributed by atoms with Crippen LogP contribution in [-0.4, -0.2) is 67.6 Å². The van der Waals surface area contributed by atoms with Gasteiger partial charge in [0.25, 0.3) is 11.8 Å². The SMILES string of the molecule is CS(=O)(=O)N(Cc1ccncc1)c1ccc2c(c1)C(=O)N(CC(=O)O[C@@H](Cc1c(Cl)c[nH+]cc1Cl)c1ccc(OC(F)F)c(OCC3CC3)c1)C2=O.[OH-]. The van der Waals surface area contributed by atoms with E-state index >= 15 is 0 Å². The topological polar surface area (TPSA) is 177 Å². The summed E-state index contributed by atoms with van der Waals surface area (Å²) in [5.41, 5.74) is 1.35. The van der Waals surface area contributed by atoms with Gasteiger partial charge in [0.15, 0.2) is 23.9 Å². The van der Waals surface area contributed by atoms with Gasteiger partial charge in [0.05, 0.1) is 36.2 Å². The minimum atomic E-state index is -3.83. The summed E-state index contributed by atoms with van der Waals surface area (Å²) in [6, 6.07) is 11.4. The number of halogens is 4. The maximum atomic E-state index is 13.6.